The van der Waals surface area contributed by atoms with Crippen molar-refractivity contribution in [1.29, 1.82) is 0 Å². The van der Waals surface area contributed by atoms with Gasteiger partial charge in [0.1, 0.15) is 16.6 Å². The molecule has 0 aliphatic heterocycles. The molecule has 0 aliphatic rings. The predicted molar refractivity (Wildman–Crippen MR) is 144 cm³/mol. The molecular weight excluding hydrogens is 488 g/mol. The van der Waals surface area contributed by atoms with Gasteiger partial charge in [-0.15, -0.1) is 10.2 Å². The predicted octanol–water partition coefficient (Wildman–Crippen LogP) is 6.41. The number of carbonyl (C=O) groups is 1. The van der Waals surface area contributed by atoms with Gasteiger partial charge < -0.3 is 9.73 Å². The standard InChI is InChI=1S/C29H19ClN4O3/c1-17-9-11-22(16-24(17)30)34-32-25-12-10-21(15-26(25)33-34)31-28(35)20-7-4-6-18(13-20)23-14-19-5-2-3-8-27(19)37-29(23)36/h2-16H,1H3,(H,31,35). The molecule has 6 rings (SSSR count). The number of para-hydroxylation sites is 1. The van der Waals surface area contributed by atoms with Gasteiger partial charge in [-0.3, -0.25) is 4.79 Å². The van der Waals surface area contributed by atoms with Crippen molar-refractivity contribution in [3.63, 3.8) is 0 Å². The number of hydrogen-bond acceptors (Lipinski definition) is 5. The zero-order chi connectivity index (χ0) is 25.5. The lowest BCUT2D eigenvalue weighted by atomic mass is 10.0. The van der Waals surface area contributed by atoms with Crippen LogP contribution in [0.15, 0.2) is 100 Å². The van der Waals surface area contributed by atoms with Crippen molar-refractivity contribution in [2.45, 2.75) is 6.92 Å². The molecule has 7 nitrogen and oxygen atoms in total. The van der Waals surface area contributed by atoms with Gasteiger partial charge in [0, 0.05) is 21.7 Å². The van der Waals surface area contributed by atoms with Gasteiger partial charge in [0.2, 0.25) is 0 Å². The number of halogens is 1. The summed E-state index contributed by atoms with van der Waals surface area (Å²) in [4.78, 5) is 27.2. The largest absolute Gasteiger partial charge is 0.422 e. The second-order valence-corrected chi connectivity index (χ2v) is 9.05. The van der Waals surface area contributed by atoms with Gasteiger partial charge in [0.15, 0.2) is 0 Å². The average molecular weight is 507 g/mol. The SMILES string of the molecule is Cc1ccc(-n2nc3ccc(NC(=O)c4cccc(-c5cc6ccccc6oc5=O)c4)cc3n2)cc1Cl. The Morgan fingerprint density at radius 3 is 2.59 bits per heavy atom. The lowest BCUT2D eigenvalue weighted by Crippen LogP contribution is -2.12. The second kappa shape index (κ2) is 9.04. The number of nitrogens with zero attached hydrogens (tertiary/aromatic N) is 3. The summed E-state index contributed by atoms with van der Waals surface area (Å²) in [6.07, 6.45) is 0. The summed E-state index contributed by atoms with van der Waals surface area (Å²) >= 11 is 6.25. The average Bonchev–Trinajstić information content (AvgIpc) is 3.33. The zero-order valence-electron chi connectivity index (χ0n) is 19.6. The summed E-state index contributed by atoms with van der Waals surface area (Å²) in [5.74, 6) is -0.316. The van der Waals surface area contributed by atoms with Crippen molar-refractivity contribution in [3.05, 3.63) is 118 Å². The quantitative estimate of drug-likeness (QED) is 0.279. The van der Waals surface area contributed by atoms with Crippen molar-refractivity contribution in [2.75, 3.05) is 5.32 Å². The number of anilines is 1. The fraction of sp³-hybridized carbons (Fsp3) is 0.0345. The smallest absolute Gasteiger partial charge is 0.344 e. The molecule has 0 saturated carbocycles. The maximum Gasteiger partial charge on any atom is 0.344 e. The molecular formula is C29H19ClN4O3. The van der Waals surface area contributed by atoms with Crippen LogP contribution in [0.25, 0.3) is 38.8 Å². The van der Waals surface area contributed by atoms with E-state index in [4.69, 9.17) is 16.0 Å². The number of benzene rings is 4. The Kier molecular flexibility index (Phi) is 5.54. The Morgan fingerprint density at radius 2 is 1.73 bits per heavy atom. The molecule has 1 amide bonds. The Balaban J connectivity index is 1.27. The van der Waals surface area contributed by atoms with Crippen LogP contribution in [-0.2, 0) is 0 Å². The van der Waals surface area contributed by atoms with E-state index >= 15 is 0 Å². The monoisotopic (exact) mass is 506 g/mol. The van der Waals surface area contributed by atoms with Crippen molar-refractivity contribution < 1.29 is 9.21 Å². The van der Waals surface area contributed by atoms with Crippen LogP contribution in [0.3, 0.4) is 0 Å². The lowest BCUT2D eigenvalue weighted by Gasteiger charge is -2.07. The first-order valence-electron chi connectivity index (χ1n) is 11.5. The fourth-order valence-corrected chi connectivity index (χ4v) is 4.28. The first-order chi connectivity index (χ1) is 17.9. The highest BCUT2D eigenvalue weighted by atomic mass is 35.5. The van der Waals surface area contributed by atoms with Gasteiger partial charge in [-0.25, -0.2) is 4.79 Å². The van der Waals surface area contributed by atoms with Crippen LogP contribution in [0.2, 0.25) is 5.02 Å². The summed E-state index contributed by atoms with van der Waals surface area (Å²) in [6.45, 7) is 1.93. The van der Waals surface area contributed by atoms with Crippen LogP contribution in [0.4, 0.5) is 5.69 Å². The van der Waals surface area contributed by atoms with E-state index in [0.717, 1.165) is 16.6 Å². The number of amides is 1. The third kappa shape index (κ3) is 4.37. The molecule has 0 spiro atoms. The molecule has 0 radical (unpaired) electrons. The van der Waals surface area contributed by atoms with E-state index in [9.17, 15) is 9.59 Å². The minimum Gasteiger partial charge on any atom is -0.422 e. The molecule has 2 heterocycles. The van der Waals surface area contributed by atoms with Crippen molar-refractivity contribution >= 4 is 45.2 Å². The van der Waals surface area contributed by atoms with Crippen molar-refractivity contribution in [2.24, 2.45) is 0 Å². The molecule has 6 aromatic rings. The maximum absolute atomic E-state index is 13.1. The molecule has 0 atom stereocenters. The van der Waals surface area contributed by atoms with Gasteiger partial charge in [-0.1, -0.05) is 48.0 Å². The molecule has 1 N–H and O–H groups in total. The number of carbonyl (C=O) groups excluding carboxylic acids is 1. The van der Waals surface area contributed by atoms with E-state index in [1.807, 2.05) is 43.3 Å². The molecule has 37 heavy (non-hydrogen) atoms. The third-order valence-electron chi connectivity index (χ3n) is 6.10. The van der Waals surface area contributed by atoms with Gasteiger partial charge >= 0.3 is 5.63 Å². The number of aromatic nitrogens is 3. The van der Waals surface area contributed by atoms with Gasteiger partial charge in [0.05, 0.1) is 11.3 Å². The van der Waals surface area contributed by atoms with Gasteiger partial charge in [-0.05, 0) is 72.6 Å². The highest BCUT2D eigenvalue weighted by molar-refractivity contribution is 6.31. The lowest BCUT2D eigenvalue weighted by molar-refractivity contribution is 0.102. The summed E-state index contributed by atoms with van der Waals surface area (Å²) in [5.41, 5.74) is 5.04. The molecule has 4 aromatic carbocycles. The topological polar surface area (TPSA) is 90.0 Å². The van der Waals surface area contributed by atoms with Crippen LogP contribution in [0, 0.1) is 6.92 Å². The molecule has 0 saturated heterocycles. The van der Waals surface area contributed by atoms with Crippen LogP contribution in [0.1, 0.15) is 15.9 Å². The van der Waals surface area contributed by atoms with Crippen LogP contribution >= 0.6 is 11.6 Å². The minimum atomic E-state index is -0.459. The molecule has 8 heteroatoms. The summed E-state index contributed by atoms with van der Waals surface area (Å²) in [6, 6.07) is 26.9. The minimum absolute atomic E-state index is 0.316. The normalized spacial score (nSPS) is 11.2. The van der Waals surface area contributed by atoms with E-state index in [1.54, 1.807) is 54.6 Å². The van der Waals surface area contributed by atoms with Crippen molar-refractivity contribution in [1.82, 2.24) is 15.0 Å². The Hall–Kier alpha value is -4.75. The Morgan fingerprint density at radius 1 is 0.892 bits per heavy atom. The first kappa shape index (κ1) is 22.7. The molecule has 0 aliphatic carbocycles. The van der Waals surface area contributed by atoms with Crippen LogP contribution < -0.4 is 10.9 Å². The van der Waals surface area contributed by atoms with E-state index in [0.29, 0.717) is 44.0 Å². The summed E-state index contributed by atoms with van der Waals surface area (Å²) in [7, 11) is 0. The zero-order valence-corrected chi connectivity index (χ0v) is 20.4. The summed E-state index contributed by atoms with van der Waals surface area (Å²) in [5, 5.41) is 13.4. The second-order valence-electron chi connectivity index (χ2n) is 8.65. The number of fused-ring (bicyclic) bond motifs is 2. The van der Waals surface area contributed by atoms with Crippen LogP contribution in [0.5, 0.6) is 0 Å². The summed E-state index contributed by atoms with van der Waals surface area (Å²) < 4.78 is 5.45. The van der Waals surface area contributed by atoms with Crippen LogP contribution in [-0.4, -0.2) is 20.9 Å². The molecule has 180 valence electrons. The Bertz CT molecular complexity index is 1890. The van der Waals surface area contributed by atoms with Crippen molar-refractivity contribution in [3.8, 4) is 16.8 Å². The highest BCUT2D eigenvalue weighted by Crippen LogP contribution is 2.24. The maximum atomic E-state index is 13.1. The number of nitrogens with one attached hydrogen (secondary N) is 1. The molecule has 0 unspecified atom stereocenters. The molecule has 2 aromatic heterocycles. The first-order valence-corrected chi connectivity index (χ1v) is 11.9. The number of rotatable bonds is 4. The third-order valence-corrected chi connectivity index (χ3v) is 6.51. The van der Waals surface area contributed by atoms with E-state index in [-0.39, 0.29) is 5.91 Å². The number of aryl methyl sites for hydroxylation is 1. The highest BCUT2D eigenvalue weighted by Gasteiger charge is 2.13. The molecule has 0 bridgehead atoms. The van der Waals surface area contributed by atoms with Gasteiger partial charge in [0.25, 0.3) is 5.91 Å². The number of hydrogen-bond donors (Lipinski definition) is 1. The van der Waals surface area contributed by atoms with E-state index in [1.165, 1.54) is 4.80 Å². The van der Waals surface area contributed by atoms with E-state index < -0.39 is 5.63 Å². The Labute approximate surface area is 215 Å². The van der Waals surface area contributed by atoms with Gasteiger partial charge in [-0.2, -0.15) is 4.80 Å². The fourth-order valence-electron chi connectivity index (χ4n) is 4.11. The molecule has 0 fully saturated rings. The van der Waals surface area contributed by atoms with E-state index in [2.05, 4.69) is 15.5 Å².